The molecular formula is C17H29ClN2O3. The molecule has 0 fully saturated rings. The normalized spacial score (nSPS) is 12.2. The van der Waals surface area contributed by atoms with Crippen LogP contribution >= 0.6 is 12.4 Å². The maximum Gasteiger partial charge on any atom is 0.222 e. The number of amides is 1. The first-order chi connectivity index (χ1) is 10.4. The number of carbonyl (C=O) groups excluding carboxylic acids is 1. The molecule has 1 rings (SSSR count). The largest absolute Gasteiger partial charge is 0.491 e. The van der Waals surface area contributed by atoms with Crippen LogP contribution in [0.15, 0.2) is 24.3 Å². The molecule has 23 heavy (non-hydrogen) atoms. The standard InChI is InChI=1S/C17H28N2O3.ClH/c1-17(2,3)14-7-5-6-8-15(14)22-10-9-19-16(20)11-13(12-18)21-4;/h5-8,13H,9-12,18H2,1-4H3,(H,19,20);1H. The molecule has 3 N–H and O–H groups in total. The lowest BCUT2D eigenvalue weighted by molar-refractivity contribution is -0.123. The van der Waals surface area contributed by atoms with Crippen LogP contribution in [-0.2, 0) is 14.9 Å². The van der Waals surface area contributed by atoms with Gasteiger partial charge in [0.25, 0.3) is 0 Å². The van der Waals surface area contributed by atoms with E-state index in [-0.39, 0.29) is 36.3 Å². The Labute approximate surface area is 145 Å². The Morgan fingerprint density at radius 3 is 2.52 bits per heavy atom. The summed E-state index contributed by atoms with van der Waals surface area (Å²) in [6.45, 7) is 7.66. The number of halogens is 1. The lowest BCUT2D eigenvalue weighted by Gasteiger charge is -2.22. The molecule has 0 bridgehead atoms. The third-order valence-corrected chi connectivity index (χ3v) is 3.39. The van der Waals surface area contributed by atoms with E-state index in [9.17, 15) is 4.79 Å². The molecule has 1 aromatic carbocycles. The molecule has 0 saturated heterocycles. The van der Waals surface area contributed by atoms with Crippen LogP contribution in [0.1, 0.15) is 32.8 Å². The summed E-state index contributed by atoms with van der Waals surface area (Å²) < 4.78 is 10.9. The molecule has 0 aliphatic rings. The van der Waals surface area contributed by atoms with Gasteiger partial charge in [0.05, 0.1) is 19.1 Å². The molecule has 0 aliphatic heterocycles. The van der Waals surface area contributed by atoms with Gasteiger partial charge in [0.15, 0.2) is 0 Å². The molecule has 1 unspecified atom stereocenters. The number of benzene rings is 1. The van der Waals surface area contributed by atoms with Crippen LogP contribution in [-0.4, -0.2) is 38.8 Å². The van der Waals surface area contributed by atoms with Gasteiger partial charge in [-0.25, -0.2) is 0 Å². The number of hydrogen-bond acceptors (Lipinski definition) is 4. The van der Waals surface area contributed by atoms with Crippen LogP contribution in [0.25, 0.3) is 0 Å². The fourth-order valence-corrected chi connectivity index (χ4v) is 2.11. The van der Waals surface area contributed by atoms with Crippen LogP contribution in [0, 0.1) is 0 Å². The molecule has 5 nitrogen and oxygen atoms in total. The molecular weight excluding hydrogens is 316 g/mol. The molecule has 132 valence electrons. The van der Waals surface area contributed by atoms with E-state index >= 15 is 0 Å². The number of carbonyl (C=O) groups is 1. The Bertz CT molecular complexity index is 471. The van der Waals surface area contributed by atoms with Crippen molar-refractivity contribution in [1.82, 2.24) is 5.32 Å². The van der Waals surface area contributed by atoms with E-state index in [0.717, 1.165) is 11.3 Å². The molecule has 0 radical (unpaired) electrons. The Morgan fingerprint density at radius 1 is 1.30 bits per heavy atom. The summed E-state index contributed by atoms with van der Waals surface area (Å²) in [6, 6.07) is 7.98. The van der Waals surface area contributed by atoms with Crippen molar-refractivity contribution in [3.8, 4) is 5.75 Å². The topological polar surface area (TPSA) is 73.6 Å². The molecule has 1 atom stereocenters. The first kappa shape index (κ1) is 21.7. The van der Waals surface area contributed by atoms with E-state index in [1.165, 1.54) is 0 Å². The van der Waals surface area contributed by atoms with Crippen molar-refractivity contribution in [2.24, 2.45) is 5.73 Å². The predicted octanol–water partition coefficient (Wildman–Crippen LogP) is 2.26. The van der Waals surface area contributed by atoms with Gasteiger partial charge in [0.2, 0.25) is 5.91 Å². The first-order valence-electron chi connectivity index (χ1n) is 7.60. The molecule has 0 aliphatic carbocycles. The third kappa shape index (κ3) is 7.68. The summed E-state index contributed by atoms with van der Waals surface area (Å²) in [4.78, 5) is 11.7. The average Bonchev–Trinajstić information content (AvgIpc) is 2.48. The Kier molecular flexibility index (Phi) is 9.88. The zero-order valence-electron chi connectivity index (χ0n) is 14.4. The van der Waals surface area contributed by atoms with E-state index in [2.05, 4.69) is 32.2 Å². The van der Waals surface area contributed by atoms with Gasteiger partial charge in [-0.15, -0.1) is 12.4 Å². The fraction of sp³-hybridized carbons (Fsp3) is 0.588. The van der Waals surface area contributed by atoms with Gasteiger partial charge in [0.1, 0.15) is 12.4 Å². The predicted molar refractivity (Wildman–Crippen MR) is 95.4 cm³/mol. The van der Waals surface area contributed by atoms with Crippen molar-refractivity contribution in [3.63, 3.8) is 0 Å². The summed E-state index contributed by atoms with van der Waals surface area (Å²) in [5, 5.41) is 2.81. The maximum atomic E-state index is 11.7. The number of nitrogens with one attached hydrogen (secondary N) is 1. The zero-order chi connectivity index (χ0) is 16.6. The second kappa shape index (κ2) is 10.5. The average molecular weight is 345 g/mol. The number of hydrogen-bond donors (Lipinski definition) is 2. The minimum absolute atomic E-state index is 0. The minimum Gasteiger partial charge on any atom is -0.491 e. The number of rotatable bonds is 8. The van der Waals surface area contributed by atoms with E-state index < -0.39 is 0 Å². The van der Waals surface area contributed by atoms with Gasteiger partial charge in [-0.05, 0) is 17.0 Å². The van der Waals surface area contributed by atoms with E-state index in [4.69, 9.17) is 15.2 Å². The van der Waals surface area contributed by atoms with Crippen LogP contribution in [0.5, 0.6) is 5.75 Å². The van der Waals surface area contributed by atoms with Gasteiger partial charge < -0.3 is 20.5 Å². The summed E-state index contributed by atoms with van der Waals surface area (Å²) in [5.74, 6) is 0.783. The highest BCUT2D eigenvalue weighted by Crippen LogP contribution is 2.30. The van der Waals surface area contributed by atoms with Gasteiger partial charge in [-0.2, -0.15) is 0 Å². The van der Waals surface area contributed by atoms with Crippen molar-refractivity contribution >= 4 is 18.3 Å². The molecule has 0 aromatic heterocycles. The summed E-state index contributed by atoms with van der Waals surface area (Å²) in [7, 11) is 1.55. The smallest absolute Gasteiger partial charge is 0.222 e. The van der Waals surface area contributed by atoms with Crippen molar-refractivity contribution in [1.29, 1.82) is 0 Å². The molecule has 0 saturated carbocycles. The number of nitrogens with two attached hydrogens (primary N) is 1. The van der Waals surface area contributed by atoms with E-state index in [1.807, 2.05) is 18.2 Å². The first-order valence-corrected chi connectivity index (χ1v) is 7.60. The van der Waals surface area contributed by atoms with Crippen molar-refractivity contribution < 1.29 is 14.3 Å². The minimum atomic E-state index is -0.234. The fourth-order valence-electron chi connectivity index (χ4n) is 2.11. The monoisotopic (exact) mass is 344 g/mol. The highest BCUT2D eigenvalue weighted by atomic mass is 35.5. The SMILES string of the molecule is COC(CN)CC(=O)NCCOc1ccccc1C(C)(C)C.Cl. The summed E-state index contributed by atoms with van der Waals surface area (Å²) in [5.41, 5.74) is 6.67. The molecule has 1 amide bonds. The highest BCUT2D eigenvalue weighted by Gasteiger charge is 2.18. The maximum absolute atomic E-state index is 11.7. The highest BCUT2D eigenvalue weighted by molar-refractivity contribution is 5.85. The molecule has 6 heteroatoms. The Morgan fingerprint density at radius 2 is 1.96 bits per heavy atom. The van der Waals surface area contributed by atoms with Gasteiger partial charge in [-0.3, -0.25) is 4.79 Å². The second-order valence-electron chi connectivity index (χ2n) is 6.24. The number of ether oxygens (including phenoxy) is 2. The molecule has 0 spiro atoms. The molecule has 1 aromatic rings. The van der Waals surface area contributed by atoms with Crippen molar-refractivity contribution in [2.75, 3.05) is 26.8 Å². The lowest BCUT2D eigenvalue weighted by Crippen LogP contribution is -2.34. The second-order valence-corrected chi connectivity index (χ2v) is 6.24. The summed E-state index contributed by atoms with van der Waals surface area (Å²) in [6.07, 6.45) is 0.0357. The van der Waals surface area contributed by atoms with Gasteiger partial charge in [-0.1, -0.05) is 39.0 Å². The lowest BCUT2D eigenvalue weighted by atomic mass is 9.86. The van der Waals surface area contributed by atoms with Crippen LogP contribution in [0.2, 0.25) is 0 Å². The zero-order valence-corrected chi connectivity index (χ0v) is 15.2. The van der Waals surface area contributed by atoms with Crippen molar-refractivity contribution in [3.05, 3.63) is 29.8 Å². The third-order valence-electron chi connectivity index (χ3n) is 3.39. The Balaban J connectivity index is 0.00000484. The summed E-state index contributed by atoms with van der Waals surface area (Å²) >= 11 is 0. The van der Waals surface area contributed by atoms with E-state index in [0.29, 0.717) is 19.7 Å². The molecule has 0 heterocycles. The van der Waals surface area contributed by atoms with Gasteiger partial charge >= 0.3 is 0 Å². The van der Waals surface area contributed by atoms with E-state index in [1.54, 1.807) is 7.11 Å². The van der Waals surface area contributed by atoms with Crippen LogP contribution in [0.4, 0.5) is 0 Å². The number of methoxy groups -OCH3 is 1. The van der Waals surface area contributed by atoms with Crippen molar-refractivity contribution in [2.45, 2.75) is 38.7 Å². The Hall–Kier alpha value is -1.30. The van der Waals surface area contributed by atoms with Crippen LogP contribution in [0.3, 0.4) is 0 Å². The van der Waals surface area contributed by atoms with Gasteiger partial charge in [0, 0.05) is 13.7 Å². The van der Waals surface area contributed by atoms with Crippen LogP contribution < -0.4 is 15.8 Å². The quantitative estimate of drug-likeness (QED) is 0.709. The number of para-hydroxylation sites is 1.